The van der Waals surface area contributed by atoms with E-state index in [4.69, 9.17) is 4.74 Å². The third kappa shape index (κ3) is 4.24. The second-order valence-corrected chi connectivity index (χ2v) is 7.06. The van der Waals surface area contributed by atoms with E-state index in [9.17, 15) is 9.18 Å². The smallest absolute Gasteiger partial charge is 0.251 e. The van der Waals surface area contributed by atoms with E-state index in [1.807, 2.05) is 17.0 Å². The van der Waals surface area contributed by atoms with E-state index in [-0.39, 0.29) is 17.8 Å². The van der Waals surface area contributed by atoms with Gasteiger partial charge in [-0.05, 0) is 49.9 Å². The van der Waals surface area contributed by atoms with Crippen molar-refractivity contribution in [2.75, 3.05) is 25.0 Å². The monoisotopic (exact) mass is 370 g/mol. The van der Waals surface area contributed by atoms with Crippen LogP contribution in [0.15, 0.2) is 36.7 Å². The van der Waals surface area contributed by atoms with Gasteiger partial charge in [0.1, 0.15) is 17.7 Å². The predicted octanol–water partition coefficient (Wildman–Crippen LogP) is 3.24. The number of aromatic nitrogens is 2. The fourth-order valence-corrected chi connectivity index (χ4v) is 3.69. The van der Waals surface area contributed by atoms with Gasteiger partial charge in [-0.2, -0.15) is 0 Å². The first-order valence-corrected chi connectivity index (χ1v) is 9.44. The summed E-state index contributed by atoms with van der Waals surface area (Å²) in [5.41, 5.74) is 1.85. The number of likely N-dealkylation sites (tertiary alicyclic amines) is 1. The zero-order valence-corrected chi connectivity index (χ0v) is 15.1. The molecule has 0 aromatic carbocycles. The first kappa shape index (κ1) is 17.9. The number of amides is 1. The standard InChI is InChI=1S/C20H23FN4O2/c21-15-3-6-19(23-12-15)24-16-4-5-17(22-13-16)14-7-9-25(10-8-14)20(26)18-2-1-11-27-18/h3-6,12-14,18H,1-2,7-11H2,(H,23,24)/t18-/m0/s1. The largest absolute Gasteiger partial charge is 0.368 e. The van der Waals surface area contributed by atoms with Crippen molar-refractivity contribution in [3.63, 3.8) is 0 Å². The molecule has 2 aliphatic heterocycles. The minimum Gasteiger partial charge on any atom is -0.368 e. The van der Waals surface area contributed by atoms with Crippen molar-refractivity contribution in [2.24, 2.45) is 0 Å². The van der Waals surface area contributed by atoms with E-state index in [0.29, 0.717) is 18.3 Å². The third-order valence-corrected chi connectivity index (χ3v) is 5.22. The highest BCUT2D eigenvalue weighted by molar-refractivity contribution is 5.81. The maximum Gasteiger partial charge on any atom is 0.251 e. The molecule has 6 nitrogen and oxygen atoms in total. The summed E-state index contributed by atoms with van der Waals surface area (Å²) in [6, 6.07) is 6.91. The predicted molar refractivity (Wildman–Crippen MR) is 99.2 cm³/mol. The van der Waals surface area contributed by atoms with Crippen LogP contribution in [0.3, 0.4) is 0 Å². The number of piperidine rings is 1. The van der Waals surface area contributed by atoms with Crippen LogP contribution < -0.4 is 5.32 Å². The summed E-state index contributed by atoms with van der Waals surface area (Å²) in [6.45, 7) is 2.21. The fraction of sp³-hybridized carbons (Fsp3) is 0.450. The lowest BCUT2D eigenvalue weighted by molar-refractivity contribution is -0.142. The number of ether oxygens (including phenoxy) is 1. The highest BCUT2D eigenvalue weighted by Crippen LogP contribution is 2.28. The van der Waals surface area contributed by atoms with Gasteiger partial charge in [0.25, 0.3) is 5.91 Å². The highest BCUT2D eigenvalue weighted by atomic mass is 19.1. The molecular formula is C20H23FN4O2. The first-order valence-electron chi connectivity index (χ1n) is 9.44. The SMILES string of the molecule is O=C([C@@H]1CCCO1)N1CCC(c2ccc(Nc3ccc(F)cn3)cn2)CC1. The number of rotatable bonds is 4. The molecule has 2 aliphatic rings. The minimum atomic E-state index is -0.363. The topological polar surface area (TPSA) is 67.3 Å². The molecule has 27 heavy (non-hydrogen) atoms. The Morgan fingerprint density at radius 3 is 2.59 bits per heavy atom. The molecule has 7 heteroatoms. The normalized spacial score (nSPS) is 20.6. The Morgan fingerprint density at radius 1 is 1.11 bits per heavy atom. The average Bonchev–Trinajstić information content (AvgIpc) is 3.25. The minimum absolute atomic E-state index is 0.144. The van der Waals surface area contributed by atoms with Gasteiger partial charge in [-0.15, -0.1) is 0 Å². The molecular weight excluding hydrogens is 347 g/mol. The number of carbonyl (C=O) groups excluding carboxylic acids is 1. The van der Waals surface area contributed by atoms with Crippen LogP contribution in [-0.4, -0.2) is 46.6 Å². The van der Waals surface area contributed by atoms with Crippen LogP contribution in [0.25, 0.3) is 0 Å². The van der Waals surface area contributed by atoms with E-state index >= 15 is 0 Å². The van der Waals surface area contributed by atoms with E-state index in [2.05, 4.69) is 15.3 Å². The lowest BCUT2D eigenvalue weighted by atomic mass is 9.92. The van der Waals surface area contributed by atoms with Gasteiger partial charge in [-0.1, -0.05) is 0 Å². The van der Waals surface area contributed by atoms with E-state index in [0.717, 1.165) is 50.2 Å². The van der Waals surface area contributed by atoms with Gasteiger partial charge in [0.2, 0.25) is 0 Å². The molecule has 0 spiro atoms. The van der Waals surface area contributed by atoms with Crippen LogP contribution in [-0.2, 0) is 9.53 Å². The van der Waals surface area contributed by atoms with Gasteiger partial charge >= 0.3 is 0 Å². The van der Waals surface area contributed by atoms with Gasteiger partial charge in [0.15, 0.2) is 0 Å². The Bertz CT molecular complexity index is 768. The second-order valence-electron chi connectivity index (χ2n) is 7.06. The Morgan fingerprint density at radius 2 is 1.96 bits per heavy atom. The van der Waals surface area contributed by atoms with E-state index in [1.165, 1.54) is 12.3 Å². The van der Waals surface area contributed by atoms with Crippen molar-refractivity contribution in [1.82, 2.24) is 14.9 Å². The van der Waals surface area contributed by atoms with E-state index < -0.39 is 0 Å². The molecule has 2 saturated heterocycles. The zero-order valence-electron chi connectivity index (χ0n) is 15.1. The van der Waals surface area contributed by atoms with Gasteiger partial charge in [-0.25, -0.2) is 9.37 Å². The van der Waals surface area contributed by atoms with Crippen LogP contribution in [0.5, 0.6) is 0 Å². The quantitative estimate of drug-likeness (QED) is 0.895. The number of pyridine rings is 2. The molecule has 0 radical (unpaired) electrons. The van der Waals surface area contributed by atoms with Crippen molar-refractivity contribution in [3.8, 4) is 0 Å². The number of nitrogens with one attached hydrogen (secondary N) is 1. The van der Waals surface area contributed by atoms with Crippen LogP contribution in [0.1, 0.15) is 37.3 Å². The average molecular weight is 370 g/mol. The van der Waals surface area contributed by atoms with Gasteiger partial charge < -0.3 is 15.0 Å². The molecule has 0 unspecified atom stereocenters. The molecule has 0 aliphatic carbocycles. The summed E-state index contributed by atoms with van der Waals surface area (Å²) < 4.78 is 18.4. The Labute approximate surface area is 157 Å². The molecule has 2 aromatic rings. The number of nitrogens with zero attached hydrogens (tertiary/aromatic N) is 3. The maximum atomic E-state index is 12.9. The van der Waals surface area contributed by atoms with Crippen molar-refractivity contribution in [1.29, 1.82) is 0 Å². The first-order chi connectivity index (χ1) is 13.2. The number of carbonyl (C=O) groups is 1. The molecule has 1 atom stereocenters. The summed E-state index contributed by atoms with van der Waals surface area (Å²) in [7, 11) is 0. The second kappa shape index (κ2) is 8.00. The molecule has 1 N–H and O–H groups in total. The van der Waals surface area contributed by atoms with Crippen molar-refractivity contribution in [2.45, 2.75) is 37.7 Å². The van der Waals surface area contributed by atoms with Crippen LogP contribution in [0.4, 0.5) is 15.9 Å². The molecule has 2 fully saturated rings. The number of anilines is 2. The lowest BCUT2D eigenvalue weighted by Gasteiger charge is -2.33. The number of hydrogen-bond donors (Lipinski definition) is 1. The van der Waals surface area contributed by atoms with Crippen LogP contribution in [0.2, 0.25) is 0 Å². The molecule has 2 aromatic heterocycles. The van der Waals surface area contributed by atoms with Crippen molar-refractivity contribution >= 4 is 17.4 Å². The number of hydrogen-bond acceptors (Lipinski definition) is 5. The molecule has 142 valence electrons. The van der Waals surface area contributed by atoms with E-state index in [1.54, 1.807) is 12.3 Å². The van der Waals surface area contributed by atoms with Gasteiger partial charge in [0.05, 0.1) is 18.1 Å². The highest BCUT2D eigenvalue weighted by Gasteiger charge is 2.31. The van der Waals surface area contributed by atoms with Crippen LogP contribution in [0, 0.1) is 5.82 Å². The Balaban J connectivity index is 1.32. The fourth-order valence-electron chi connectivity index (χ4n) is 3.69. The summed E-state index contributed by atoms with van der Waals surface area (Å²) in [4.78, 5) is 22.9. The maximum absolute atomic E-state index is 12.9. The summed E-state index contributed by atoms with van der Waals surface area (Å²) in [6.07, 6.45) is 6.36. The summed E-state index contributed by atoms with van der Waals surface area (Å²) in [5.74, 6) is 0.715. The molecule has 0 saturated carbocycles. The van der Waals surface area contributed by atoms with Crippen molar-refractivity contribution in [3.05, 3.63) is 48.2 Å². The Hall–Kier alpha value is -2.54. The molecule has 0 bridgehead atoms. The zero-order chi connectivity index (χ0) is 18.6. The van der Waals surface area contributed by atoms with Gasteiger partial charge in [0, 0.05) is 31.3 Å². The molecule has 4 heterocycles. The Kier molecular flexibility index (Phi) is 5.29. The number of halogens is 1. The van der Waals surface area contributed by atoms with Gasteiger partial charge in [-0.3, -0.25) is 9.78 Å². The summed E-state index contributed by atoms with van der Waals surface area (Å²) >= 11 is 0. The van der Waals surface area contributed by atoms with Crippen LogP contribution >= 0.6 is 0 Å². The summed E-state index contributed by atoms with van der Waals surface area (Å²) in [5, 5.41) is 3.11. The molecule has 4 rings (SSSR count). The molecule has 1 amide bonds. The lowest BCUT2D eigenvalue weighted by Crippen LogP contribution is -2.43. The third-order valence-electron chi connectivity index (χ3n) is 5.22. The van der Waals surface area contributed by atoms with Crippen molar-refractivity contribution < 1.29 is 13.9 Å².